The number of amides is 2. The largest absolute Gasteiger partial charge is 0.333 e. The molecule has 0 aromatic heterocycles. The number of benzene rings is 2. The van der Waals surface area contributed by atoms with Gasteiger partial charge in [0.2, 0.25) is 11.8 Å². The van der Waals surface area contributed by atoms with Crippen LogP contribution in [-0.4, -0.2) is 30.3 Å². The molecule has 0 bridgehead atoms. The average Bonchev–Trinajstić information content (AvgIpc) is 2.56. The van der Waals surface area contributed by atoms with Crippen molar-refractivity contribution in [2.24, 2.45) is 0 Å². The van der Waals surface area contributed by atoms with Crippen molar-refractivity contribution in [2.75, 3.05) is 18.9 Å². The van der Waals surface area contributed by atoms with Crippen molar-refractivity contribution in [2.45, 2.75) is 13.8 Å². The van der Waals surface area contributed by atoms with E-state index in [2.05, 4.69) is 5.32 Å². The zero-order valence-electron chi connectivity index (χ0n) is 14.2. The zero-order chi connectivity index (χ0) is 17.5. The molecular weight excluding hydrogens is 300 g/mol. The van der Waals surface area contributed by atoms with Gasteiger partial charge >= 0.3 is 0 Å². The maximum Gasteiger partial charge on any atom is 0.246 e. The number of anilines is 1. The molecule has 0 fully saturated rings. The highest BCUT2D eigenvalue weighted by Crippen LogP contribution is 2.16. The van der Waals surface area contributed by atoms with E-state index < -0.39 is 0 Å². The van der Waals surface area contributed by atoms with Gasteiger partial charge in [-0.15, -0.1) is 0 Å². The third-order valence-corrected chi connectivity index (χ3v) is 3.64. The first kappa shape index (κ1) is 17.5. The Labute approximate surface area is 142 Å². The van der Waals surface area contributed by atoms with Crippen LogP contribution in [0.15, 0.2) is 54.6 Å². The van der Waals surface area contributed by atoms with Crippen LogP contribution in [0.3, 0.4) is 0 Å². The second-order valence-corrected chi connectivity index (χ2v) is 5.80. The molecule has 4 heteroatoms. The van der Waals surface area contributed by atoms with Gasteiger partial charge in [-0.2, -0.15) is 0 Å². The Morgan fingerprint density at radius 3 is 2.50 bits per heavy atom. The Morgan fingerprint density at radius 2 is 1.79 bits per heavy atom. The number of carbonyl (C=O) groups excluding carboxylic acids is 2. The second kappa shape index (κ2) is 8.11. The third-order valence-electron chi connectivity index (χ3n) is 3.64. The Kier molecular flexibility index (Phi) is 5.90. The summed E-state index contributed by atoms with van der Waals surface area (Å²) in [4.78, 5) is 25.6. The van der Waals surface area contributed by atoms with Crippen LogP contribution in [0.2, 0.25) is 0 Å². The molecule has 2 amide bonds. The summed E-state index contributed by atoms with van der Waals surface area (Å²) in [6.45, 7) is 3.91. The van der Waals surface area contributed by atoms with Crippen LogP contribution in [-0.2, 0) is 9.59 Å². The number of nitrogens with one attached hydrogen (secondary N) is 1. The maximum atomic E-state index is 12.1. The standard InChI is InChI=1S/C20H22N2O2/c1-15-9-10-16(2)18(13-15)21-19(23)14-22(3)20(24)12-11-17-7-5-4-6-8-17/h4-13H,14H2,1-3H3,(H,21,23). The highest BCUT2D eigenvalue weighted by molar-refractivity contribution is 5.98. The molecule has 24 heavy (non-hydrogen) atoms. The molecule has 124 valence electrons. The smallest absolute Gasteiger partial charge is 0.246 e. The molecule has 0 spiro atoms. The molecule has 0 saturated heterocycles. The summed E-state index contributed by atoms with van der Waals surface area (Å²) in [6.07, 6.45) is 3.21. The molecular formula is C20H22N2O2. The molecule has 2 aromatic carbocycles. The van der Waals surface area contributed by atoms with Gasteiger partial charge in [-0.05, 0) is 42.7 Å². The SMILES string of the molecule is Cc1ccc(C)c(NC(=O)CN(C)C(=O)C=Cc2ccccc2)c1. The minimum atomic E-state index is -0.215. The van der Waals surface area contributed by atoms with E-state index in [1.807, 2.05) is 62.4 Å². The van der Waals surface area contributed by atoms with Crippen molar-refractivity contribution in [1.29, 1.82) is 0 Å². The molecule has 4 nitrogen and oxygen atoms in total. The van der Waals surface area contributed by atoms with Crippen molar-refractivity contribution >= 4 is 23.6 Å². The summed E-state index contributed by atoms with van der Waals surface area (Å²) < 4.78 is 0. The van der Waals surface area contributed by atoms with Gasteiger partial charge in [0.05, 0.1) is 6.54 Å². The van der Waals surface area contributed by atoms with Crippen LogP contribution in [0, 0.1) is 13.8 Å². The molecule has 0 aliphatic rings. The second-order valence-electron chi connectivity index (χ2n) is 5.80. The third kappa shape index (κ3) is 5.09. The topological polar surface area (TPSA) is 49.4 Å². The minimum absolute atomic E-state index is 0.00530. The van der Waals surface area contributed by atoms with Crippen molar-refractivity contribution in [3.63, 3.8) is 0 Å². The molecule has 0 radical (unpaired) electrons. The fraction of sp³-hybridized carbons (Fsp3) is 0.200. The number of aryl methyl sites for hydroxylation is 2. The van der Waals surface area contributed by atoms with Crippen LogP contribution in [0.4, 0.5) is 5.69 Å². The first-order valence-corrected chi connectivity index (χ1v) is 7.81. The van der Waals surface area contributed by atoms with E-state index in [0.29, 0.717) is 0 Å². The van der Waals surface area contributed by atoms with Gasteiger partial charge < -0.3 is 10.2 Å². The van der Waals surface area contributed by atoms with Crippen LogP contribution < -0.4 is 5.32 Å². The molecule has 2 aromatic rings. The van der Waals surface area contributed by atoms with E-state index in [9.17, 15) is 9.59 Å². The predicted molar refractivity (Wildman–Crippen MR) is 97.7 cm³/mol. The van der Waals surface area contributed by atoms with E-state index in [1.165, 1.54) is 11.0 Å². The lowest BCUT2D eigenvalue weighted by Crippen LogP contribution is -2.34. The van der Waals surface area contributed by atoms with Gasteiger partial charge in [0.25, 0.3) is 0 Å². The summed E-state index contributed by atoms with van der Waals surface area (Å²) >= 11 is 0. The fourth-order valence-electron chi connectivity index (χ4n) is 2.21. The summed E-state index contributed by atoms with van der Waals surface area (Å²) in [5, 5.41) is 2.85. The van der Waals surface area contributed by atoms with Gasteiger partial charge in [0.15, 0.2) is 0 Å². The van der Waals surface area contributed by atoms with Crippen molar-refractivity contribution in [3.8, 4) is 0 Å². The Bertz CT molecular complexity index is 751. The highest BCUT2D eigenvalue weighted by Gasteiger charge is 2.11. The summed E-state index contributed by atoms with van der Waals surface area (Å²) in [5.41, 5.74) is 3.79. The summed E-state index contributed by atoms with van der Waals surface area (Å²) in [5.74, 6) is -0.428. The maximum absolute atomic E-state index is 12.1. The van der Waals surface area contributed by atoms with Crippen LogP contribution in [0.1, 0.15) is 16.7 Å². The average molecular weight is 322 g/mol. The zero-order valence-corrected chi connectivity index (χ0v) is 14.2. The lowest BCUT2D eigenvalue weighted by atomic mass is 10.1. The minimum Gasteiger partial charge on any atom is -0.333 e. The van der Waals surface area contributed by atoms with E-state index in [-0.39, 0.29) is 18.4 Å². The Balaban J connectivity index is 1.92. The fourth-order valence-corrected chi connectivity index (χ4v) is 2.21. The van der Waals surface area contributed by atoms with Crippen LogP contribution >= 0.6 is 0 Å². The molecule has 0 saturated carbocycles. The Hall–Kier alpha value is -2.88. The van der Waals surface area contributed by atoms with Crippen LogP contribution in [0.5, 0.6) is 0 Å². The number of rotatable bonds is 5. The van der Waals surface area contributed by atoms with E-state index in [0.717, 1.165) is 22.4 Å². The number of nitrogens with zero attached hydrogens (tertiary/aromatic N) is 1. The van der Waals surface area contributed by atoms with Gasteiger partial charge in [-0.1, -0.05) is 42.5 Å². The first-order chi connectivity index (χ1) is 11.5. The highest BCUT2D eigenvalue weighted by atomic mass is 16.2. The van der Waals surface area contributed by atoms with E-state index in [1.54, 1.807) is 13.1 Å². The lowest BCUT2D eigenvalue weighted by molar-refractivity contribution is -0.129. The summed E-state index contributed by atoms with van der Waals surface area (Å²) in [6, 6.07) is 15.4. The Morgan fingerprint density at radius 1 is 1.08 bits per heavy atom. The van der Waals surface area contributed by atoms with Gasteiger partial charge in [-0.3, -0.25) is 9.59 Å². The summed E-state index contributed by atoms with van der Waals surface area (Å²) in [7, 11) is 1.61. The van der Waals surface area contributed by atoms with Crippen molar-refractivity contribution in [3.05, 3.63) is 71.3 Å². The first-order valence-electron chi connectivity index (χ1n) is 7.81. The molecule has 0 heterocycles. The molecule has 0 unspecified atom stereocenters. The number of carbonyl (C=O) groups is 2. The monoisotopic (exact) mass is 322 g/mol. The molecule has 0 aliphatic carbocycles. The van der Waals surface area contributed by atoms with Crippen molar-refractivity contribution < 1.29 is 9.59 Å². The van der Waals surface area contributed by atoms with Crippen LogP contribution in [0.25, 0.3) is 6.08 Å². The van der Waals surface area contributed by atoms with Crippen molar-refractivity contribution in [1.82, 2.24) is 4.90 Å². The van der Waals surface area contributed by atoms with E-state index in [4.69, 9.17) is 0 Å². The van der Waals surface area contributed by atoms with Gasteiger partial charge in [0, 0.05) is 18.8 Å². The lowest BCUT2D eigenvalue weighted by Gasteiger charge is -2.16. The normalized spacial score (nSPS) is 10.6. The van der Waals surface area contributed by atoms with Gasteiger partial charge in [0.1, 0.15) is 0 Å². The van der Waals surface area contributed by atoms with E-state index >= 15 is 0 Å². The molecule has 2 rings (SSSR count). The number of hydrogen-bond donors (Lipinski definition) is 1. The number of hydrogen-bond acceptors (Lipinski definition) is 2. The number of likely N-dealkylation sites (N-methyl/N-ethyl adjacent to an activating group) is 1. The quantitative estimate of drug-likeness (QED) is 0.858. The predicted octanol–water partition coefficient (Wildman–Crippen LogP) is 3.41. The molecule has 0 aliphatic heterocycles. The molecule has 1 N–H and O–H groups in total. The van der Waals surface area contributed by atoms with Gasteiger partial charge in [-0.25, -0.2) is 0 Å². The molecule has 0 atom stereocenters.